The van der Waals surface area contributed by atoms with E-state index in [1.807, 2.05) is 61.5 Å². The predicted octanol–water partition coefficient (Wildman–Crippen LogP) is 4.40. The molecule has 0 atom stereocenters. The van der Waals surface area contributed by atoms with Gasteiger partial charge in [0.1, 0.15) is 11.2 Å². The number of pyridine rings is 1. The van der Waals surface area contributed by atoms with Gasteiger partial charge < -0.3 is 8.94 Å². The molecule has 6 heteroatoms. The van der Waals surface area contributed by atoms with Crippen LogP contribution < -0.4 is 0 Å². The van der Waals surface area contributed by atoms with E-state index >= 15 is 0 Å². The van der Waals surface area contributed by atoms with Crippen LogP contribution in [0.25, 0.3) is 45.0 Å². The summed E-state index contributed by atoms with van der Waals surface area (Å²) in [5.74, 6) is 1.51. The molecule has 2 aromatic carbocycles. The van der Waals surface area contributed by atoms with E-state index in [4.69, 9.17) is 8.94 Å². The van der Waals surface area contributed by atoms with Crippen molar-refractivity contribution in [2.24, 2.45) is 0 Å². The lowest BCUT2D eigenvalue weighted by Gasteiger charge is -1.98. The van der Waals surface area contributed by atoms with Crippen LogP contribution in [0.1, 0.15) is 5.89 Å². The lowest BCUT2D eigenvalue weighted by molar-refractivity contribution is 0.431. The fourth-order valence-electron chi connectivity index (χ4n) is 2.81. The molecule has 0 aliphatic carbocycles. The minimum absolute atomic E-state index is 0.386. The molecule has 0 aliphatic rings. The van der Waals surface area contributed by atoms with Gasteiger partial charge >= 0.3 is 0 Å². The maximum Gasteiger partial charge on any atom is 0.276 e. The summed E-state index contributed by atoms with van der Waals surface area (Å²) in [6, 6.07) is 17.4. The minimum atomic E-state index is 0.386. The van der Waals surface area contributed by atoms with E-state index in [2.05, 4.69) is 20.1 Å². The first-order valence-electron chi connectivity index (χ1n) is 7.84. The van der Waals surface area contributed by atoms with Crippen LogP contribution in [0, 0.1) is 6.92 Å². The number of aryl methyl sites for hydroxylation is 1. The van der Waals surface area contributed by atoms with Gasteiger partial charge in [-0.1, -0.05) is 29.4 Å². The summed E-state index contributed by atoms with van der Waals surface area (Å²) < 4.78 is 10.9. The first-order valence-corrected chi connectivity index (χ1v) is 7.84. The molecular weight excluding hydrogens is 316 g/mol. The van der Waals surface area contributed by atoms with Crippen molar-refractivity contribution in [2.45, 2.75) is 6.92 Å². The molecule has 3 heterocycles. The minimum Gasteiger partial charge on any atom is -0.441 e. The highest BCUT2D eigenvalue weighted by molar-refractivity contribution is 5.81. The zero-order chi connectivity index (χ0) is 16.8. The zero-order valence-electron chi connectivity index (χ0n) is 13.3. The molecule has 0 N–H and O–H groups in total. The zero-order valence-corrected chi connectivity index (χ0v) is 13.3. The molecule has 3 aromatic heterocycles. The van der Waals surface area contributed by atoms with E-state index in [1.54, 1.807) is 0 Å². The van der Waals surface area contributed by atoms with Crippen LogP contribution in [0.4, 0.5) is 0 Å². The molecule has 0 spiro atoms. The van der Waals surface area contributed by atoms with Crippen molar-refractivity contribution in [3.05, 3.63) is 60.5 Å². The highest BCUT2D eigenvalue weighted by atomic mass is 16.5. The maximum absolute atomic E-state index is 5.49. The number of hydrogen-bond donors (Lipinski definition) is 0. The smallest absolute Gasteiger partial charge is 0.276 e. The molecule has 5 aromatic rings. The average molecular weight is 328 g/mol. The van der Waals surface area contributed by atoms with E-state index in [0.29, 0.717) is 23.3 Å². The van der Waals surface area contributed by atoms with Gasteiger partial charge in [0.25, 0.3) is 5.89 Å². The fraction of sp³-hybridized carbons (Fsp3) is 0.0526. The summed E-state index contributed by atoms with van der Waals surface area (Å²) in [5, 5.41) is 5.14. The summed E-state index contributed by atoms with van der Waals surface area (Å²) in [5.41, 5.74) is 3.86. The van der Waals surface area contributed by atoms with Gasteiger partial charge in [0.05, 0.1) is 5.52 Å². The lowest BCUT2D eigenvalue weighted by Crippen LogP contribution is -1.86. The van der Waals surface area contributed by atoms with Crippen molar-refractivity contribution in [1.29, 1.82) is 0 Å². The summed E-state index contributed by atoms with van der Waals surface area (Å²) in [4.78, 5) is 13.4. The third-order valence-electron chi connectivity index (χ3n) is 4.00. The summed E-state index contributed by atoms with van der Waals surface area (Å²) in [6.45, 7) is 1.82. The van der Waals surface area contributed by atoms with E-state index in [0.717, 1.165) is 27.6 Å². The molecule has 0 bridgehead atoms. The second kappa shape index (κ2) is 5.24. The number of fused-ring (bicyclic) bond motifs is 2. The van der Waals surface area contributed by atoms with E-state index in [1.165, 1.54) is 0 Å². The van der Waals surface area contributed by atoms with Crippen molar-refractivity contribution >= 4 is 22.0 Å². The van der Waals surface area contributed by atoms with Gasteiger partial charge in [-0.15, -0.1) is 0 Å². The van der Waals surface area contributed by atoms with E-state index < -0.39 is 0 Å². The third-order valence-corrected chi connectivity index (χ3v) is 4.00. The molecule has 120 valence electrons. The molecule has 0 unspecified atom stereocenters. The molecule has 25 heavy (non-hydrogen) atoms. The number of benzene rings is 2. The number of aromatic nitrogens is 4. The van der Waals surface area contributed by atoms with Crippen LogP contribution >= 0.6 is 0 Å². The Morgan fingerprint density at radius 2 is 1.76 bits per heavy atom. The Balaban J connectivity index is 1.56. The van der Waals surface area contributed by atoms with Crippen LogP contribution in [-0.2, 0) is 0 Å². The molecule has 5 rings (SSSR count). The van der Waals surface area contributed by atoms with Gasteiger partial charge in [0.2, 0.25) is 5.82 Å². The Labute approximate surface area is 142 Å². The van der Waals surface area contributed by atoms with Gasteiger partial charge in [0, 0.05) is 17.9 Å². The first-order chi connectivity index (χ1) is 12.3. The van der Waals surface area contributed by atoms with Gasteiger partial charge in [-0.3, -0.25) is 0 Å². The highest BCUT2D eigenvalue weighted by Gasteiger charge is 2.13. The van der Waals surface area contributed by atoms with Crippen molar-refractivity contribution in [2.75, 3.05) is 0 Å². The van der Waals surface area contributed by atoms with Crippen LogP contribution in [0.5, 0.6) is 0 Å². The predicted molar refractivity (Wildman–Crippen MR) is 92.8 cm³/mol. The monoisotopic (exact) mass is 328 g/mol. The van der Waals surface area contributed by atoms with Crippen molar-refractivity contribution in [3.63, 3.8) is 0 Å². The summed E-state index contributed by atoms with van der Waals surface area (Å²) in [7, 11) is 0. The number of nitrogens with zero attached hydrogens (tertiary/aromatic N) is 4. The Hall–Kier alpha value is -3.54. The molecule has 0 saturated heterocycles. The van der Waals surface area contributed by atoms with Crippen LogP contribution in [0.15, 0.2) is 63.5 Å². The second-order valence-electron chi connectivity index (χ2n) is 5.73. The van der Waals surface area contributed by atoms with Gasteiger partial charge in [-0.25, -0.2) is 9.97 Å². The molecule has 0 saturated carbocycles. The Morgan fingerprint density at radius 1 is 0.840 bits per heavy atom. The molecule has 0 radical (unpaired) electrons. The van der Waals surface area contributed by atoms with Crippen molar-refractivity contribution < 1.29 is 8.94 Å². The lowest BCUT2D eigenvalue weighted by atomic mass is 10.2. The molecule has 0 fully saturated rings. The standard InChI is InChI=1S/C19H12N4O2/c1-11-20-16-10-13(7-9-17(16)24-11)18-22-19(25-23-18)15-8-6-12-4-2-3-5-14(12)21-15/h2-10H,1H3. The number of rotatable bonds is 2. The molecule has 0 aliphatic heterocycles. The van der Waals surface area contributed by atoms with Crippen LogP contribution in [0.3, 0.4) is 0 Å². The number of para-hydroxylation sites is 1. The molecule has 0 amide bonds. The Bertz CT molecular complexity index is 1220. The Kier molecular flexibility index (Phi) is 2.90. The largest absolute Gasteiger partial charge is 0.441 e. The van der Waals surface area contributed by atoms with Crippen LogP contribution in [-0.4, -0.2) is 20.1 Å². The quantitative estimate of drug-likeness (QED) is 0.478. The van der Waals surface area contributed by atoms with E-state index in [-0.39, 0.29) is 0 Å². The van der Waals surface area contributed by atoms with Crippen molar-refractivity contribution in [1.82, 2.24) is 20.1 Å². The van der Waals surface area contributed by atoms with Crippen LogP contribution in [0.2, 0.25) is 0 Å². The highest BCUT2D eigenvalue weighted by Crippen LogP contribution is 2.25. The first kappa shape index (κ1) is 13.9. The average Bonchev–Trinajstić information content (AvgIpc) is 3.26. The van der Waals surface area contributed by atoms with E-state index in [9.17, 15) is 0 Å². The number of hydrogen-bond acceptors (Lipinski definition) is 6. The third kappa shape index (κ3) is 2.35. The van der Waals surface area contributed by atoms with Gasteiger partial charge in [-0.2, -0.15) is 4.98 Å². The fourth-order valence-corrected chi connectivity index (χ4v) is 2.81. The Morgan fingerprint density at radius 3 is 2.72 bits per heavy atom. The maximum atomic E-state index is 5.49. The summed E-state index contributed by atoms with van der Waals surface area (Å²) >= 11 is 0. The second-order valence-corrected chi connectivity index (χ2v) is 5.73. The summed E-state index contributed by atoms with van der Waals surface area (Å²) in [6.07, 6.45) is 0. The van der Waals surface area contributed by atoms with Gasteiger partial charge in [0.15, 0.2) is 11.5 Å². The SMILES string of the molecule is Cc1nc2cc(-c3noc(-c4ccc5ccccc5n4)n3)ccc2o1. The van der Waals surface area contributed by atoms with Crippen molar-refractivity contribution in [3.8, 4) is 23.0 Å². The normalized spacial score (nSPS) is 11.4. The topological polar surface area (TPSA) is 77.8 Å². The molecular formula is C19H12N4O2. The van der Waals surface area contributed by atoms with Gasteiger partial charge in [-0.05, 0) is 30.3 Å². The molecule has 6 nitrogen and oxygen atoms in total. The number of oxazole rings is 1.